The van der Waals surface area contributed by atoms with Gasteiger partial charge in [0.05, 0.1) is 13.0 Å². The summed E-state index contributed by atoms with van der Waals surface area (Å²) in [6.45, 7) is 2.29. The molecule has 3 rings (SSSR count). The van der Waals surface area contributed by atoms with Crippen molar-refractivity contribution < 1.29 is 4.74 Å². The van der Waals surface area contributed by atoms with Gasteiger partial charge in [-0.25, -0.2) is 4.98 Å². The molecule has 1 aliphatic rings. The van der Waals surface area contributed by atoms with Gasteiger partial charge in [0, 0.05) is 12.1 Å². The number of ether oxygens (including phenoxy) is 1. The lowest BCUT2D eigenvalue weighted by Gasteiger charge is -2.19. The lowest BCUT2D eigenvalue weighted by atomic mass is 10.1. The summed E-state index contributed by atoms with van der Waals surface area (Å²) in [5.41, 5.74) is 1.80. The van der Waals surface area contributed by atoms with Gasteiger partial charge in [-0.05, 0) is 24.8 Å². The second-order valence-electron chi connectivity index (χ2n) is 5.20. The van der Waals surface area contributed by atoms with Crippen molar-refractivity contribution >= 4 is 22.8 Å². The third-order valence-corrected chi connectivity index (χ3v) is 4.30. The Labute approximate surface area is 117 Å². The maximum Gasteiger partial charge on any atom is 0.215 e. The Morgan fingerprint density at radius 2 is 2.21 bits per heavy atom. The maximum atomic E-state index is 6.06. The Hall–Kier alpha value is -1.29. The Morgan fingerprint density at radius 3 is 2.84 bits per heavy atom. The van der Waals surface area contributed by atoms with E-state index in [1.807, 2.05) is 12.1 Å². The fourth-order valence-corrected chi connectivity index (χ4v) is 3.26. The smallest absolute Gasteiger partial charge is 0.215 e. The predicted octanol–water partition coefficient (Wildman–Crippen LogP) is 3.54. The first kappa shape index (κ1) is 12.7. The van der Waals surface area contributed by atoms with Crippen LogP contribution in [0.15, 0.2) is 12.1 Å². The highest BCUT2D eigenvalue weighted by Gasteiger charge is 2.28. The molecule has 2 unspecified atom stereocenters. The number of imidazole rings is 1. The number of nitrogens with zero attached hydrogens (tertiary/aromatic N) is 3. The van der Waals surface area contributed by atoms with Gasteiger partial charge in [0.2, 0.25) is 5.88 Å². The predicted molar refractivity (Wildman–Crippen MR) is 75.7 cm³/mol. The number of fused-ring (bicyclic) bond motifs is 1. The van der Waals surface area contributed by atoms with Gasteiger partial charge < -0.3 is 9.30 Å². The van der Waals surface area contributed by atoms with Crippen molar-refractivity contribution in [2.45, 2.75) is 38.1 Å². The minimum Gasteiger partial charge on any atom is -0.481 e. The molecule has 2 heterocycles. The van der Waals surface area contributed by atoms with Gasteiger partial charge in [0.1, 0.15) is 11.3 Å². The summed E-state index contributed by atoms with van der Waals surface area (Å²) < 4.78 is 7.45. The van der Waals surface area contributed by atoms with E-state index in [-0.39, 0.29) is 0 Å². The van der Waals surface area contributed by atoms with E-state index in [0.29, 0.717) is 23.7 Å². The number of hydrogen-bond acceptors (Lipinski definition) is 3. The molecule has 2 atom stereocenters. The molecule has 5 heteroatoms. The fourth-order valence-electron chi connectivity index (χ4n) is 3.07. The average molecular weight is 280 g/mol. The summed E-state index contributed by atoms with van der Waals surface area (Å²) in [6, 6.07) is 4.25. The molecule has 2 aromatic rings. The molecule has 4 nitrogen and oxygen atoms in total. The second kappa shape index (κ2) is 5.00. The summed E-state index contributed by atoms with van der Waals surface area (Å²) in [7, 11) is 1.63. The number of rotatable bonds is 3. The zero-order valence-electron chi connectivity index (χ0n) is 11.3. The third kappa shape index (κ3) is 2.08. The second-order valence-corrected chi connectivity index (χ2v) is 5.47. The van der Waals surface area contributed by atoms with Gasteiger partial charge in [0.15, 0.2) is 5.65 Å². The van der Waals surface area contributed by atoms with Crippen LogP contribution in [0.3, 0.4) is 0 Å². The van der Waals surface area contributed by atoms with Gasteiger partial charge in [-0.3, -0.25) is 0 Å². The molecule has 1 fully saturated rings. The lowest BCUT2D eigenvalue weighted by Crippen LogP contribution is -2.14. The van der Waals surface area contributed by atoms with Crippen molar-refractivity contribution in [1.29, 1.82) is 0 Å². The standard InChI is InChI=1S/C14H18ClN3O/c1-9-4-3-5-11(9)18-12(8-15)16-10-6-7-13(19-2)17-14(10)18/h6-7,9,11H,3-5,8H2,1-2H3. The van der Waals surface area contributed by atoms with Gasteiger partial charge in [-0.2, -0.15) is 4.98 Å². The molecule has 0 aromatic carbocycles. The third-order valence-electron chi connectivity index (χ3n) is 4.06. The number of methoxy groups -OCH3 is 1. The summed E-state index contributed by atoms with van der Waals surface area (Å²) in [4.78, 5) is 9.16. The first-order chi connectivity index (χ1) is 9.24. The van der Waals surface area contributed by atoms with Crippen LogP contribution in [0.2, 0.25) is 0 Å². The van der Waals surface area contributed by atoms with Crippen molar-refractivity contribution in [3.63, 3.8) is 0 Å². The Morgan fingerprint density at radius 1 is 1.37 bits per heavy atom. The summed E-state index contributed by atoms with van der Waals surface area (Å²) in [5, 5.41) is 0. The lowest BCUT2D eigenvalue weighted by molar-refractivity contribution is 0.391. The van der Waals surface area contributed by atoms with E-state index in [0.717, 1.165) is 17.0 Å². The highest BCUT2D eigenvalue weighted by atomic mass is 35.5. The average Bonchev–Trinajstić information content (AvgIpc) is 3.00. The van der Waals surface area contributed by atoms with Crippen LogP contribution in [0.1, 0.15) is 38.1 Å². The van der Waals surface area contributed by atoms with E-state index in [1.54, 1.807) is 7.11 Å². The van der Waals surface area contributed by atoms with Gasteiger partial charge in [-0.15, -0.1) is 11.6 Å². The number of pyridine rings is 1. The quantitative estimate of drug-likeness (QED) is 0.807. The molecular weight excluding hydrogens is 262 g/mol. The molecule has 102 valence electrons. The van der Waals surface area contributed by atoms with E-state index in [9.17, 15) is 0 Å². The first-order valence-corrected chi connectivity index (χ1v) is 7.26. The minimum atomic E-state index is 0.419. The van der Waals surface area contributed by atoms with Crippen molar-refractivity contribution in [3.8, 4) is 5.88 Å². The van der Waals surface area contributed by atoms with E-state index in [2.05, 4.69) is 21.5 Å². The zero-order valence-corrected chi connectivity index (χ0v) is 12.0. The molecule has 0 amide bonds. The van der Waals surface area contributed by atoms with Crippen molar-refractivity contribution in [2.75, 3.05) is 7.11 Å². The minimum absolute atomic E-state index is 0.419. The van der Waals surface area contributed by atoms with E-state index < -0.39 is 0 Å². The fraction of sp³-hybridized carbons (Fsp3) is 0.571. The molecule has 0 aliphatic heterocycles. The van der Waals surface area contributed by atoms with Crippen molar-refractivity contribution in [3.05, 3.63) is 18.0 Å². The molecule has 1 aliphatic carbocycles. The van der Waals surface area contributed by atoms with Crippen molar-refractivity contribution in [2.24, 2.45) is 5.92 Å². The van der Waals surface area contributed by atoms with E-state index in [1.165, 1.54) is 19.3 Å². The molecule has 0 bridgehead atoms. The zero-order chi connectivity index (χ0) is 13.4. The Bertz CT molecular complexity index is 596. The summed E-state index contributed by atoms with van der Waals surface area (Å²) >= 11 is 6.06. The number of alkyl halides is 1. The molecular formula is C14H18ClN3O. The molecule has 19 heavy (non-hydrogen) atoms. The van der Waals surface area contributed by atoms with Crippen LogP contribution >= 0.6 is 11.6 Å². The summed E-state index contributed by atoms with van der Waals surface area (Å²) in [5.74, 6) is 2.60. The Balaban J connectivity index is 2.18. The van der Waals surface area contributed by atoms with Crippen molar-refractivity contribution in [1.82, 2.24) is 14.5 Å². The van der Waals surface area contributed by atoms with Crippen LogP contribution in [-0.2, 0) is 5.88 Å². The number of aromatic nitrogens is 3. The number of halogens is 1. The van der Waals surface area contributed by atoms with E-state index in [4.69, 9.17) is 16.3 Å². The van der Waals surface area contributed by atoms with E-state index >= 15 is 0 Å². The topological polar surface area (TPSA) is 39.9 Å². The monoisotopic (exact) mass is 279 g/mol. The van der Waals surface area contributed by atoms with Crippen LogP contribution in [0.5, 0.6) is 5.88 Å². The highest BCUT2D eigenvalue weighted by molar-refractivity contribution is 6.16. The van der Waals surface area contributed by atoms with Crippen LogP contribution in [0.4, 0.5) is 0 Å². The molecule has 0 spiro atoms. The highest BCUT2D eigenvalue weighted by Crippen LogP contribution is 2.38. The molecule has 2 aromatic heterocycles. The van der Waals surface area contributed by atoms with Crippen LogP contribution in [0, 0.1) is 5.92 Å². The molecule has 0 saturated heterocycles. The maximum absolute atomic E-state index is 6.06. The Kier molecular flexibility index (Phi) is 3.35. The molecule has 0 N–H and O–H groups in total. The SMILES string of the molecule is COc1ccc2nc(CCl)n(C3CCCC3C)c2n1. The van der Waals surface area contributed by atoms with Gasteiger partial charge in [-0.1, -0.05) is 13.3 Å². The largest absolute Gasteiger partial charge is 0.481 e. The van der Waals surface area contributed by atoms with Crippen LogP contribution < -0.4 is 4.74 Å². The molecule has 0 radical (unpaired) electrons. The first-order valence-electron chi connectivity index (χ1n) is 6.72. The summed E-state index contributed by atoms with van der Waals surface area (Å²) in [6.07, 6.45) is 3.70. The van der Waals surface area contributed by atoms with Gasteiger partial charge in [0.25, 0.3) is 0 Å². The van der Waals surface area contributed by atoms with Gasteiger partial charge >= 0.3 is 0 Å². The van der Waals surface area contributed by atoms with Crippen LogP contribution in [-0.4, -0.2) is 21.6 Å². The number of hydrogen-bond donors (Lipinski definition) is 0. The molecule has 1 saturated carbocycles. The normalized spacial score (nSPS) is 23.1. The van der Waals surface area contributed by atoms with Crippen LogP contribution in [0.25, 0.3) is 11.2 Å².